The molecule has 1 saturated heterocycles. The summed E-state index contributed by atoms with van der Waals surface area (Å²) in [7, 11) is 2.15. The summed E-state index contributed by atoms with van der Waals surface area (Å²) in [6, 6.07) is 10.8. The molecule has 23 heavy (non-hydrogen) atoms. The summed E-state index contributed by atoms with van der Waals surface area (Å²) in [4.78, 5) is 0. The molecule has 2 aromatic rings. The molecule has 0 amide bonds. The molecule has 1 saturated carbocycles. The van der Waals surface area contributed by atoms with Crippen LogP contribution in [0.3, 0.4) is 0 Å². The van der Waals surface area contributed by atoms with Gasteiger partial charge in [-0.25, -0.2) is 0 Å². The minimum Gasteiger partial charge on any atom is -0.317 e. The molecular formula is C17H24Cl2N4. The Bertz CT molecular complexity index is 631. The Morgan fingerprint density at radius 3 is 2.30 bits per heavy atom. The Labute approximate surface area is 149 Å². The largest absolute Gasteiger partial charge is 0.317 e. The average Bonchev–Trinajstić information content (AvgIpc) is 3.26. The van der Waals surface area contributed by atoms with E-state index in [0.29, 0.717) is 5.92 Å². The van der Waals surface area contributed by atoms with E-state index in [9.17, 15) is 0 Å². The van der Waals surface area contributed by atoms with Crippen LogP contribution in [0, 0.1) is 0 Å². The zero-order valence-corrected chi connectivity index (χ0v) is 15.0. The zero-order chi connectivity index (χ0) is 14.3. The van der Waals surface area contributed by atoms with Gasteiger partial charge in [0.15, 0.2) is 0 Å². The van der Waals surface area contributed by atoms with Gasteiger partial charge in [0, 0.05) is 13.0 Å². The number of piperidine rings is 1. The first kappa shape index (κ1) is 18.2. The maximum Gasteiger partial charge on any atom is 0.143 e. The molecule has 1 aliphatic heterocycles. The fraction of sp³-hybridized carbons (Fsp3) is 0.529. The molecule has 1 aliphatic carbocycles. The maximum atomic E-state index is 4.59. The molecule has 6 heteroatoms. The van der Waals surface area contributed by atoms with Crippen LogP contribution in [0.1, 0.15) is 48.8 Å². The number of nitrogens with one attached hydrogen (secondary N) is 1. The van der Waals surface area contributed by atoms with Gasteiger partial charge >= 0.3 is 0 Å². The molecule has 1 aromatic carbocycles. The summed E-state index contributed by atoms with van der Waals surface area (Å²) in [5.41, 5.74) is 1.51. The molecular weight excluding hydrogens is 331 g/mol. The summed E-state index contributed by atoms with van der Waals surface area (Å²) in [6.07, 6.45) is 4.72. The predicted molar refractivity (Wildman–Crippen MR) is 96.8 cm³/mol. The molecule has 4 rings (SSSR count). The molecule has 126 valence electrons. The third-order valence-corrected chi connectivity index (χ3v) is 5.12. The molecule has 2 fully saturated rings. The molecule has 4 nitrogen and oxygen atoms in total. The van der Waals surface area contributed by atoms with E-state index in [0.717, 1.165) is 18.9 Å². The van der Waals surface area contributed by atoms with Crippen molar-refractivity contribution in [3.05, 3.63) is 47.5 Å². The van der Waals surface area contributed by atoms with Gasteiger partial charge in [0.05, 0.1) is 5.41 Å². The van der Waals surface area contributed by atoms with E-state index in [1.807, 2.05) is 0 Å². The van der Waals surface area contributed by atoms with Gasteiger partial charge in [-0.2, -0.15) is 0 Å². The second kappa shape index (κ2) is 7.20. The number of hydrogen-bond acceptors (Lipinski definition) is 3. The first-order valence-corrected chi connectivity index (χ1v) is 7.97. The summed E-state index contributed by atoms with van der Waals surface area (Å²) in [6.45, 7) is 2.19. The van der Waals surface area contributed by atoms with Gasteiger partial charge in [-0.3, -0.25) is 0 Å². The molecule has 1 aromatic heterocycles. The van der Waals surface area contributed by atoms with Crippen molar-refractivity contribution in [2.75, 3.05) is 13.1 Å². The summed E-state index contributed by atoms with van der Waals surface area (Å²) in [5.74, 6) is 2.89. The van der Waals surface area contributed by atoms with Gasteiger partial charge < -0.3 is 9.88 Å². The number of nitrogens with zero attached hydrogens (tertiary/aromatic N) is 3. The van der Waals surface area contributed by atoms with Crippen LogP contribution in [0.4, 0.5) is 0 Å². The van der Waals surface area contributed by atoms with Crippen LogP contribution in [0.15, 0.2) is 30.3 Å². The first-order valence-electron chi connectivity index (χ1n) is 7.97. The van der Waals surface area contributed by atoms with E-state index in [4.69, 9.17) is 0 Å². The van der Waals surface area contributed by atoms with Crippen LogP contribution in [0.2, 0.25) is 0 Å². The van der Waals surface area contributed by atoms with Crippen molar-refractivity contribution in [1.29, 1.82) is 0 Å². The Hall–Kier alpha value is -1.10. The SMILES string of the molecule is Cl.Cl.Cn1c(C2CCNCC2)nnc1C1(c2ccccc2)CC1. The lowest BCUT2D eigenvalue weighted by Gasteiger charge is -2.22. The van der Waals surface area contributed by atoms with E-state index >= 15 is 0 Å². The quantitative estimate of drug-likeness (QED) is 0.920. The van der Waals surface area contributed by atoms with Gasteiger partial charge in [-0.05, 0) is 44.3 Å². The second-order valence-electron chi connectivity index (χ2n) is 6.41. The van der Waals surface area contributed by atoms with E-state index in [1.165, 1.54) is 37.1 Å². The van der Waals surface area contributed by atoms with Crippen LogP contribution in [0.5, 0.6) is 0 Å². The number of aromatic nitrogens is 3. The molecule has 1 N–H and O–H groups in total. The lowest BCUT2D eigenvalue weighted by atomic mass is 9.94. The highest BCUT2D eigenvalue weighted by Gasteiger charge is 2.50. The smallest absolute Gasteiger partial charge is 0.143 e. The van der Waals surface area contributed by atoms with Gasteiger partial charge in [-0.1, -0.05) is 30.3 Å². The molecule has 2 aliphatic rings. The third-order valence-electron chi connectivity index (χ3n) is 5.12. The Balaban J connectivity index is 0.000000960. The Morgan fingerprint density at radius 2 is 1.70 bits per heavy atom. The van der Waals surface area contributed by atoms with Crippen molar-refractivity contribution in [2.45, 2.75) is 37.0 Å². The summed E-state index contributed by atoms with van der Waals surface area (Å²) >= 11 is 0. The number of benzene rings is 1. The maximum absolute atomic E-state index is 4.59. The molecule has 2 heterocycles. The van der Waals surface area contributed by atoms with Crippen molar-refractivity contribution in [3.63, 3.8) is 0 Å². The van der Waals surface area contributed by atoms with Crippen LogP contribution < -0.4 is 5.32 Å². The van der Waals surface area contributed by atoms with E-state index in [2.05, 4.69) is 57.5 Å². The fourth-order valence-electron chi connectivity index (χ4n) is 3.72. The molecule has 0 atom stereocenters. The predicted octanol–water partition coefficient (Wildman–Crippen LogP) is 3.21. The van der Waals surface area contributed by atoms with Crippen LogP contribution in [-0.2, 0) is 12.5 Å². The highest BCUT2D eigenvalue weighted by molar-refractivity contribution is 5.85. The highest BCUT2D eigenvalue weighted by atomic mass is 35.5. The van der Waals surface area contributed by atoms with Gasteiger partial charge in [0.2, 0.25) is 0 Å². The lowest BCUT2D eigenvalue weighted by Crippen LogP contribution is -2.28. The van der Waals surface area contributed by atoms with E-state index < -0.39 is 0 Å². The Kier molecular flexibility index (Phi) is 5.71. The number of hydrogen-bond donors (Lipinski definition) is 1. The van der Waals surface area contributed by atoms with Crippen molar-refractivity contribution in [1.82, 2.24) is 20.1 Å². The van der Waals surface area contributed by atoms with Crippen molar-refractivity contribution in [3.8, 4) is 0 Å². The lowest BCUT2D eigenvalue weighted by molar-refractivity contribution is 0.434. The van der Waals surface area contributed by atoms with Gasteiger partial charge in [-0.15, -0.1) is 35.0 Å². The minimum absolute atomic E-state index is 0. The molecule has 0 radical (unpaired) electrons. The van der Waals surface area contributed by atoms with Crippen molar-refractivity contribution >= 4 is 24.8 Å². The van der Waals surface area contributed by atoms with Crippen LogP contribution in [-0.4, -0.2) is 27.9 Å². The van der Waals surface area contributed by atoms with Gasteiger partial charge in [0.1, 0.15) is 11.6 Å². The molecule has 0 bridgehead atoms. The monoisotopic (exact) mass is 354 g/mol. The topological polar surface area (TPSA) is 42.7 Å². The average molecular weight is 355 g/mol. The third kappa shape index (κ3) is 3.12. The first-order chi connectivity index (χ1) is 10.3. The fourth-order valence-corrected chi connectivity index (χ4v) is 3.72. The zero-order valence-electron chi connectivity index (χ0n) is 13.4. The summed E-state index contributed by atoms with van der Waals surface area (Å²) in [5, 5.41) is 12.6. The molecule has 0 spiro atoms. The molecule has 0 unspecified atom stereocenters. The summed E-state index contributed by atoms with van der Waals surface area (Å²) < 4.78 is 2.27. The number of rotatable bonds is 3. The minimum atomic E-state index is 0. The van der Waals surface area contributed by atoms with Crippen LogP contribution in [0.25, 0.3) is 0 Å². The van der Waals surface area contributed by atoms with E-state index in [1.54, 1.807) is 0 Å². The standard InChI is InChI=1S/C17H22N4.2ClH/c1-21-15(13-7-11-18-12-8-13)19-20-16(21)17(9-10-17)14-5-3-2-4-6-14;;/h2-6,13,18H,7-12H2,1H3;2*1H. The van der Waals surface area contributed by atoms with Crippen molar-refractivity contribution in [2.24, 2.45) is 7.05 Å². The van der Waals surface area contributed by atoms with Gasteiger partial charge in [0.25, 0.3) is 0 Å². The normalized spacial score (nSPS) is 19.5. The van der Waals surface area contributed by atoms with Crippen molar-refractivity contribution < 1.29 is 0 Å². The highest BCUT2D eigenvalue weighted by Crippen LogP contribution is 2.52. The second-order valence-corrected chi connectivity index (χ2v) is 6.41. The van der Waals surface area contributed by atoms with Crippen LogP contribution >= 0.6 is 24.8 Å². The van der Waals surface area contributed by atoms with E-state index in [-0.39, 0.29) is 30.2 Å². The Morgan fingerprint density at radius 1 is 1.04 bits per heavy atom. The number of halogens is 2.